The Kier molecular flexibility index (Phi) is 7.23. The van der Waals surface area contributed by atoms with Gasteiger partial charge in [0.1, 0.15) is 0 Å². The molecule has 2 nitrogen and oxygen atoms in total. The number of fused-ring (bicyclic) bond motifs is 1. The van der Waals surface area contributed by atoms with Crippen molar-refractivity contribution in [1.82, 2.24) is 4.90 Å². The van der Waals surface area contributed by atoms with Gasteiger partial charge in [0.15, 0.2) is 0 Å². The lowest BCUT2D eigenvalue weighted by Crippen LogP contribution is -2.25. The number of nitrogens with two attached hydrogens (primary N) is 1. The molecule has 0 unspecified atom stereocenters. The van der Waals surface area contributed by atoms with Crippen LogP contribution in [0.3, 0.4) is 0 Å². The standard InChI is InChI=1S/C15H18N2S.2BrH/c16-15-10-13-6-8-17(9-7-14(13)18-15)11-12-4-2-1-3-5-12;;/h1-5,10H,6-9,11,16H2;2*1H. The second-order valence-electron chi connectivity index (χ2n) is 4.86. The quantitative estimate of drug-likeness (QED) is 0.794. The Balaban J connectivity index is 0.000001000. The lowest BCUT2D eigenvalue weighted by Gasteiger charge is -2.19. The Bertz CT molecular complexity index is 502. The molecule has 1 aromatic carbocycles. The first kappa shape index (κ1) is 17.7. The molecule has 3 rings (SSSR count). The Labute approximate surface area is 145 Å². The van der Waals surface area contributed by atoms with E-state index in [-0.39, 0.29) is 34.0 Å². The van der Waals surface area contributed by atoms with Crippen molar-refractivity contribution in [3.8, 4) is 0 Å². The van der Waals surface area contributed by atoms with E-state index in [4.69, 9.17) is 5.73 Å². The lowest BCUT2D eigenvalue weighted by atomic mass is 10.2. The topological polar surface area (TPSA) is 29.3 Å². The van der Waals surface area contributed by atoms with Crippen LogP contribution in [0, 0.1) is 0 Å². The number of hydrogen-bond acceptors (Lipinski definition) is 3. The van der Waals surface area contributed by atoms with Crippen LogP contribution >= 0.6 is 45.3 Å². The molecule has 2 heterocycles. The van der Waals surface area contributed by atoms with Gasteiger partial charge in [0.2, 0.25) is 0 Å². The zero-order chi connectivity index (χ0) is 12.4. The number of thiophene rings is 1. The van der Waals surface area contributed by atoms with Gasteiger partial charge in [-0.3, -0.25) is 4.90 Å². The fourth-order valence-corrected chi connectivity index (χ4v) is 3.53. The highest BCUT2D eigenvalue weighted by atomic mass is 79.9. The Morgan fingerprint density at radius 1 is 1.05 bits per heavy atom. The molecule has 2 N–H and O–H groups in total. The molecule has 1 aromatic heterocycles. The van der Waals surface area contributed by atoms with E-state index in [9.17, 15) is 0 Å². The van der Waals surface area contributed by atoms with E-state index in [0.717, 1.165) is 37.5 Å². The Hall–Kier alpha value is -0.360. The zero-order valence-electron chi connectivity index (χ0n) is 11.2. The average molecular weight is 420 g/mol. The smallest absolute Gasteiger partial charge is 0.0862 e. The van der Waals surface area contributed by atoms with Crippen LogP contribution in [0.25, 0.3) is 0 Å². The zero-order valence-corrected chi connectivity index (χ0v) is 15.5. The summed E-state index contributed by atoms with van der Waals surface area (Å²) in [4.78, 5) is 4.03. The molecule has 20 heavy (non-hydrogen) atoms. The summed E-state index contributed by atoms with van der Waals surface area (Å²) in [6, 6.07) is 12.9. The molecule has 0 saturated heterocycles. The number of benzene rings is 1. The number of rotatable bonds is 2. The molecule has 110 valence electrons. The SMILES string of the molecule is Br.Br.Nc1cc2c(s1)CCN(Cc1ccccc1)CC2. The third-order valence-corrected chi connectivity index (χ3v) is 4.58. The summed E-state index contributed by atoms with van der Waals surface area (Å²) in [7, 11) is 0. The summed E-state index contributed by atoms with van der Waals surface area (Å²) < 4.78 is 0. The summed E-state index contributed by atoms with van der Waals surface area (Å²) in [6.45, 7) is 3.34. The molecule has 0 spiro atoms. The summed E-state index contributed by atoms with van der Waals surface area (Å²) in [5, 5.41) is 0.969. The highest BCUT2D eigenvalue weighted by Gasteiger charge is 2.16. The molecule has 1 aliphatic heterocycles. The molecular formula is C15H20Br2N2S. The molecule has 0 atom stereocenters. The molecule has 0 amide bonds. The maximum absolute atomic E-state index is 5.87. The van der Waals surface area contributed by atoms with Gasteiger partial charge in [0, 0.05) is 24.5 Å². The number of nitrogen functional groups attached to an aromatic ring is 1. The van der Waals surface area contributed by atoms with Gasteiger partial charge in [-0.2, -0.15) is 0 Å². The van der Waals surface area contributed by atoms with Crippen LogP contribution in [0.15, 0.2) is 36.4 Å². The van der Waals surface area contributed by atoms with E-state index in [1.54, 1.807) is 11.3 Å². The van der Waals surface area contributed by atoms with Gasteiger partial charge in [-0.05, 0) is 30.0 Å². The second-order valence-corrected chi connectivity index (χ2v) is 6.03. The van der Waals surface area contributed by atoms with Gasteiger partial charge in [0.05, 0.1) is 5.00 Å². The number of nitrogens with zero attached hydrogens (tertiary/aromatic N) is 1. The Morgan fingerprint density at radius 2 is 1.75 bits per heavy atom. The maximum Gasteiger partial charge on any atom is 0.0862 e. The Morgan fingerprint density at radius 3 is 2.50 bits per heavy atom. The van der Waals surface area contributed by atoms with Crippen molar-refractivity contribution >= 4 is 50.3 Å². The predicted octanol–water partition coefficient (Wildman–Crippen LogP) is 4.09. The van der Waals surface area contributed by atoms with Crippen molar-refractivity contribution in [3.63, 3.8) is 0 Å². The summed E-state index contributed by atoms with van der Waals surface area (Å²) in [6.07, 6.45) is 2.28. The van der Waals surface area contributed by atoms with Crippen LogP contribution in [0.5, 0.6) is 0 Å². The van der Waals surface area contributed by atoms with Crippen LogP contribution in [0.1, 0.15) is 16.0 Å². The molecule has 0 fully saturated rings. The number of hydrogen-bond donors (Lipinski definition) is 1. The second kappa shape index (κ2) is 8.17. The third-order valence-electron chi connectivity index (χ3n) is 3.52. The minimum atomic E-state index is 0. The van der Waals surface area contributed by atoms with Crippen LogP contribution < -0.4 is 5.73 Å². The summed E-state index contributed by atoms with van der Waals surface area (Å²) in [5.41, 5.74) is 8.74. The lowest BCUT2D eigenvalue weighted by molar-refractivity contribution is 0.279. The van der Waals surface area contributed by atoms with Crippen molar-refractivity contribution in [2.24, 2.45) is 0 Å². The summed E-state index contributed by atoms with van der Waals surface area (Å²) >= 11 is 1.76. The minimum absolute atomic E-state index is 0. The van der Waals surface area contributed by atoms with Crippen molar-refractivity contribution in [3.05, 3.63) is 52.4 Å². The third kappa shape index (κ3) is 4.32. The first-order chi connectivity index (χ1) is 8.81. The predicted molar refractivity (Wildman–Crippen MR) is 98.5 cm³/mol. The van der Waals surface area contributed by atoms with Crippen LogP contribution in [-0.4, -0.2) is 18.0 Å². The van der Waals surface area contributed by atoms with E-state index in [1.807, 2.05) is 0 Å². The van der Waals surface area contributed by atoms with Crippen molar-refractivity contribution < 1.29 is 0 Å². The first-order valence-electron chi connectivity index (χ1n) is 6.44. The van der Waals surface area contributed by atoms with Gasteiger partial charge in [-0.1, -0.05) is 30.3 Å². The fourth-order valence-electron chi connectivity index (χ4n) is 2.56. The molecule has 0 bridgehead atoms. The minimum Gasteiger partial charge on any atom is -0.391 e. The first-order valence-corrected chi connectivity index (χ1v) is 7.26. The molecule has 0 aliphatic carbocycles. The highest BCUT2D eigenvalue weighted by Crippen LogP contribution is 2.28. The normalized spacial score (nSPS) is 14.6. The van der Waals surface area contributed by atoms with Gasteiger partial charge < -0.3 is 5.73 Å². The van der Waals surface area contributed by atoms with Crippen molar-refractivity contribution in [2.75, 3.05) is 18.8 Å². The average Bonchev–Trinajstić information content (AvgIpc) is 2.65. The van der Waals surface area contributed by atoms with E-state index in [0.29, 0.717) is 0 Å². The molecule has 0 radical (unpaired) electrons. The number of halogens is 2. The van der Waals surface area contributed by atoms with Gasteiger partial charge in [-0.25, -0.2) is 0 Å². The molecular weight excluding hydrogens is 400 g/mol. The monoisotopic (exact) mass is 418 g/mol. The van der Waals surface area contributed by atoms with Crippen molar-refractivity contribution in [2.45, 2.75) is 19.4 Å². The van der Waals surface area contributed by atoms with Gasteiger partial charge in [0.25, 0.3) is 0 Å². The maximum atomic E-state index is 5.87. The highest BCUT2D eigenvalue weighted by molar-refractivity contribution is 8.93. The molecule has 5 heteroatoms. The van der Waals surface area contributed by atoms with E-state index in [1.165, 1.54) is 16.0 Å². The van der Waals surface area contributed by atoms with Crippen molar-refractivity contribution in [1.29, 1.82) is 0 Å². The molecule has 1 aliphatic rings. The van der Waals surface area contributed by atoms with Crippen LogP contribution in [-0.2, 0) is 19.4 Å². The van der Waals surface area contributed by atoms with E-state index in [2.05, 4.69) is 41.3 Å². The van der Waals surface area contributed by atoms with Gasteiger partial charge >= 0.3 is 0 Å². The fraction of sp³-hybridized carbons (Fsp3) is 0.333. The largest absolute Gasteiger partial charge is 0.391 e. The van der Waals surface area contributed by atoms with E-state index >= 15 is 0 Å². The number of anilines is 1. The van der Waals surface area contributed by atoms with Crippen LogP contribution in [0.4, 0.5) is 5.00 Å². The van der Waals surface area contributed by atoms with E-state index < -0.39 is 0 Å². The van der Waals surface area contributed by atoms with Gasteiger partial charge in [-0.15, -0.1) is 45.3 Å². The molecule has 0 saturated carbocycles. The summed E-state index contributed by atoms with van der Waals surface area (Å²) in [5.74, 6) is 0. The van der Waals surface area contributed by atoms with Crippen LogP contribution in [0.2, 0.25) is 0 Å². The molecule has 2 aromatic rings.